The van der Waals surface area contributed by atoms with E-state index in [0.29, 0.717) is 0 Å². The summed E-state index contributed by atoms with van der Waals surface area (Å²) in [6, 6.07) is 4.29. The molecule has 0 bridgehead atoms. The Morgan fingerprint density at radius 3 is 1.89 bits per heavy atom. The number of rotatable bonds is 3. The molecule has 2 aromatic heterocycles. The van der Waals surface area contributed by atoms with Crippen molar-refractivity contribution in [3.63, 3.8) is 0 Å². The Morgan fingerprint density at radius 2 is 1.32 bits per heavy atom. The van der Waals surface area contributed by atoms with E-state index in [1.54, 1.807) is 0 Å². The summed E-state index contributed by atoms with van der Waals surface area (Å²) < 4.78 is 1.03. The first-order valence-corrected chi connectivity index (χ1v) is 10.7. The molecule has 7 nitrogen and oxygen atoms in total. The monoisotopic (exact) mass is 445 g/mol. The first-order valence-electron chi connectivity index (χ1n) is 9.91. The summed E-state index contributed by atoms with van der Waals surface area (Å²) in [4.78, 5) is 23.5. The maximum Gasteiger partial charge on any atom is 0.134 e. The summed E-state index contributed by atoms with van der Waals surface area (Å²) in [6.07, 6.45) is 1.88. The highest BCUT2D eigenvalue weighted by Gasteiger charge is 2.22. The zero-order valence-electron chi connectivity index (χ0n) is 16.9. The van der Waals surface area contributed by atoms with Crippen LogP contribution in [0.3, 0.4) is 0 Å². The largest absolute Gasteiger partial charge is 0.354 e. The molecule has 2 aromatic rings. The second-order valence-electron chi connectivity index (χ2n) is 7.69. The number of halogens is 1. The molecule has 0 aliphatic carbocycles. The number of aromatic nitrogens is 3. The third kappa shape index (κ3) is 4.22. The average molecular weight is 446 g/mol. The van der Waals surface area contributed by atoms with Gasteiger partial charge in [-0.15, -0.1) is 0 Å². The van der Waals surface area contributed by atoms with Gasteiger partial charge < -0.3 is 19.6 Å². The minimum absolute atomic E-state index is 0.847. The standard InChI is InChI=1S/C20H28BrN7/c1-15-12-17(21)14-22-20(15)28-10-8-27(9-11-28)19-13-18(23-16(2)24-19)26-6-4-25(3)5-7-26/h12-14H,4-11H2,1-3H3. The molecule has 0 atom stereocenters. The molecule has 0 radical (unpaired) electrons. The van der Waals surface area contributed by atoms with Crippen molar-refractivity contribution in [2.45, 2.75) is 13.8 Å². The molecule has 4 heterocycles. The molecule has 0 unspecified atom stereocenters. The third-order valence-corrected chi connectivity index (χ3v) is 5.99. The van der Waals surface area contributed by atoms with Gasteiger partial charge in [0.25, 0.3) is 0 Å². The van der Waals surface area contributed by atoms with E-state index in [4.69, 9.17) is 9.97 Å². The van der Waals surface area contributed by atoms with E-state index < -0.39 is 0 Å². The Balaban J connectivity index is 1.45. The number of piperazine rings is 2. The number of hydrogen-bond donors (Lipinski definition) is 0. The van der Waals surface area contributed by atoms with Crippen molar-refractivity contribution in [1.29, 1.82) is 0 Å². The highest BCUT2D eigenvalue weighted by atomic mass is 79.9. The summed E-state index contributed by atoms with van der Waals surface area (Å²) in [5.74, 6) is 4.03. The predicted molar refractivity (Wildman–Crippen MR) is 118 cm³/mol. The lowest BCUT2D eigenvalue weighted by atomic mass is 10.2. The molecule has 0 amide bonds. The van der Waals surface area contributed by atoms with Gasteiger partial charge in [0, 0.05) is 69.1 Å². The number of nitrogens with zero attached hydrogens (tertiary/aromatic N) is 7. The Labute approximate surface area is 175 Å². The summed E-state index contributed by atoms with van der Waals surface area (Å²) in [7, 11) is 2.18. The summed E-state index contributed by atoms with van der Waals surface area (Å²) in [5.41, 5.74) is 1.21. The normalized spacial score (nSPS) is 18.6. The Kier molecular flexibility index (Phi) is 5.68. The van der Waals surface area contributed by atoms with Crippen molar-refractivity contribution in [1.82, 2.24) is 19.9 Å². The van der Waals surface area contributed by atoms with Crippen LogP contribution in [0.1, 0.15) is 11.4 Å². The van der Waals surface area contributed by atoms with Gasteiger partial charge in [0.15, 0.2) is 0 Å². The lowest BCUT2D eigenvalue weighted by molar-refractivity contribution is 0.312. The van der Waals surface area contributed by atoms with Gasteiger partial charge in [-0.3, -0.25) is 0 Å². The first-order chi connectivity index (χ1) is 13.5. The van der Waals surface area contributed by atoms with E-state index in [1.165, 1.54) is 5.56 Å². The number of anilines is 3. The van der Waals surface area contributed by atoms with Crippen molar-refractivity contribution in [2.75, 3.05) is 74.1 Å². The van der Waals surface area contributed by atoms with Crippen LogP contribution in [0, 0.1) is 13.8 Å². The number of likely N-dealkylation sites (N-methyl/N-ethyl adjacent to an activating group) is 1. The highest BCUT2D eigenvalue weighted by Crippen LogP contribution is 2.25. The smallest absolute Gasteiger partial charge is 0.134 e. The van der Waals surface area contributed by atoms with Crippen molar-refractivity contribution in [3.8, 4) is 0 Å². The van der Waals surface area contributed by atoms with Crippen LogP contribution >= 0.6 is 15.9 Å². The Hall–Kier alpha value is -1.93. The Morgan fingerprint density at radius 1 is 0.786 bits per heavy atom. The molecular formula is C20H28BrN7. The minimum Gasteiger partial charge on any atom is -0.354 e. The maximum absolute atomic E-state index is 4.73. The van der Waals surface area contributed by atoms with Gasteiger partial charge in [-0.1, -0.05) is 0 Å². The lowest BCUT2D eigenvalue weighted by Crippen LogP contribution is -2.47. The van der Waals surface area contributed by atoms with Crippen LogP contribution in [0.25, 0.3) is 0 Å². The van der Waals surface area contributed by atoms with Gasteiger partial charge in [-0.25, -0.2) is 15.0 Å². The van der Waals surface area contributed by atoms with Crippen LogP contribution in [0.5, 0.6) is 0 Å². The van der Waals surface area contributed by atoms with E-state index >= 15 is 0 Å². The molecule has 28 heavy (non-hydrogen) atoms. The van der Waals surface area contributed by atoms with Gasteiger partial charge in [0.2, 0.25) is 0 Å². The second-order valence-corrected chi connectivity index (χ2v) is 8.61. The third-order valence-electron chi connectivity index (χ3n) is 5.56. The van der Waals surface area contributed by atoms with E-state index in [9.17, 15) is 0 Å². The first kappa shape index (κ1) is 19.4. The van der Waals surface area contributed by atoms with Gasteiger partial charge in [0.1, 0.15) is 23.3 Å². The molecule has 0 aromatic carbocycles. The lowest BCUT2D eigenvalue weighted by Gasteiger charge is -2.37. The topological polar surface area (TPSA) is 51.6 Å². The van der Waals surface area contributed by atoms with Gasteiger partial charge >= 0.3 is 0 Å². The SMILES string of the molecule is Cc1nc(N2CCN(C)CC2)cc(N2CCN(c3ncc(Br)cc3C)CC2)n1. The number of pyridine rings is 1. The Bertz CT molecular complexity index is 827. The van der Waals surface area contributed by atoms with Gasteiger partial charge in [-0.2, -0.15) is 0 Å². The van der Waals surface area contributed by atoms with Gasteiger partial charge in [-0.05, 0) is 48.5 Å². The molecule has 0 N–H and O–H groups in total. The molecule has 4 rings (SSSR count). The fraction of sp³-hybridized carbons (Fsp3) is 0.550. The van der Waals surface area contributed by atoms with E-state index in [0.717, 1.165) is 80.1 Å². The average Bonchev–Trinajstić information content (AvgIpc) is 2.68. The summed E-state index contributed by atoms with van der Waals surface area (Å²) in [6.45, 7) is 12.1. The van der Waals surface area contributed by atoms with Crippen molar-refractivity contribution in [3.05, 3.63) is 34.2 Å². The molecular weight excluding hydrogens is 418 g/mol. The van der Waals surface area contributed by atoms with Crippen LogP contribution in [-0.4, -0.2) is 79.3 Å². The van der Waals surface area contributed by atoms with Crippen LogP contribution in [0.2, 0.25) is 0 Å². The summed E-state index contributed by atoms with van der Waals surface area (Å²) >= 11 is 3.50. The molecule has 0 spiro atoms. The van der Waals surface area contributed by atoms with Gasteiger partial charge in [0.05, 0.1) is 0 Å². The zero-order valence-corrected chi connectivity index (χ0v) is 18.5. The molecule has 2 fully saturated rings. The van der Waals surface area contributed by atoms with Crippen LogP contribution in [0.4, 0.5) is 17.5 Å². The molecule has 2 aliphatic heterocycles. The van der Waals surface area contributed by atoms with Crippen molar-refractivity contribution < 1.29 is 0 Å². The van der Waals surface area contributed by atoms with E-state index in [2.05, 4.69) is 66.6 Å². The van der Waals surface area contributed by atoms with Crippen molar-refractivity contribution >= 4 is 33.4 Å². The number of hydrogen-bond acceptors (Lipinski definition) is 7. The number of aryl methyl sites for hydroxylation is 2. The fourth-order valence-electron chi connectivity index (χ4n) is 3.91. The van der Waals surface area contributed by atoms with Crippen LogP contribution < -0.4 is 14.7 Å². The minimum atomic E-state index is 0.847. The molecule has 150 valence electrons. The van der Waals surface area contributed by atoms with E-state index in [1.807, 2.05) is 13.1 Å². The quantitative estimate of drug-likeness (QED) is 0.718. The fourth-order valence-corrected chi connectivity index (χ4v) is 4.35. The molecule has 2 saturated heterocycles. The van der Waals surface area contributed by atoms with E-state index in [-0.39, 0.29) is 0 Å². The predicted octanol–water partition coefficient (Wildman–Crippen LogP) is 2.33. The van der Waals surface area contributed by atoms with Crippen LogP contribution in [0.15, 0.2) is 22.8 Å². The molecule has 2 aliphatic rings. The highest BCUT2D eigenvalue weighted by molar-refractivity contribution is 9.10. The molecule has 0 saturated carbocycles. The molecule has 8 heteroatoms. The summed E-state index contributed by atoms with van der Waals surface area (Å²) in [5, 5.41) is 0. The zero-order chi connectivity index (χ0) is 19.7. The maximum atomic E-state index is 4.73. The van der Waals surface area contributed by atoms with Crippen molar-refractivity contribution in [2.24, 2.45) is 0 Å². The van der Waals surface area contributed by atoms with Crippen LogP contribution in [-0.2, 0) is 0 Å². The second kappa shape index (κ2) is 8.21.